The molecule has 0 spiro atoms. The van der Waals surface area contributed by atoms with Gasteiger partial charge in [-0.3, -0.25) is 9.59 Å². The number of aryl methyl sites for hydroxylation is 1. The van der Waals surface area contributed by atoms with Crippen LogP contribution in [0.15, 0.2) is 0 Å². The summed E-state index contributed by atoms with van der Waals surface area (Å²) in [4.78, 5) is 28.2. The number of nitrogens with one attached hydrogen (secondary N) is 1. The monoisotopic (exact) mass is 314 g/mol. The Labute approximate surface area is 128 Å². The molecule has 1 aromatic heterocycles. The number of hydrogen-bond donors (Lipinski definition) is 2. The zero-order valence-corrected chi connectivity index (χ0v) is 13.7. The van der Waals surface area contributed by atoms with Gasteiger partial charge in [-0.1, -0.05) is 13.8 Å². The predicted octanol–water partition coefficient (Wildman–Crippen LogP) is 2.36. The molecule has 1 aromatic rings. The molecule has 0 aliphatic rings. The van der Waals surface area contributed by atoms with Gasteiger partial charge in [-0.15, -0.1) is 11.3 Å². The summed E-state index contributed by atoms with van der Waals surface area (Å²) in [5, 5.41) is 12.7. The Hall–Kier alpha value is -1.47. The predicted molar refractivity (Wildman–Crippen MR) is 80.6 cm³/mol. The van der Waals surface area contributed by atoms with Gasteiger partial charge in [0.05, 0.1) is 24.3 Å². The second-order valence-electron chi connectivity index (χ2n) is 4.97. The van der Waals surface area contributed by atoms with Crippen molar-refractivity contribution in [2.75, 3.05) is 7.11 Å². The highest BCUT2D eigenvalue weighted by Gasteiger charge is 2.32. The third kappa shape index (κ3) is 4.50. The lowest BCUT2D eigenvalue weighted by atomic mass is 9.89. The van der Waals surface area contributed by atoms with Gasteiger partial charge in [0.25, 0.3) is 5.91 Å². The fourth-order valence-corrected chi connectivity index (χ4v) is 3.09. The standard InChI is InChI=1S/C14H22N2O4S/c1-5-14(6-2,7-11(17)18)16-13(19)12-9(3)15-10(21-12)8-20-4/h5-8H2,1-4H3,(H,16,19)(H,17,18). The molecule has 0 fully saturated rings. The smallest absolute Gasteiger partial charge is 0.305 e. The molecule has 0 saturated carbocycles. The van der Waals surface area contributed by atoms with Crippen LogP contribution in [0.5, 0.6) is 0 Å². The molecule has 0 bridgehead atoms. The minimum Gasteiger partial charge on any atom is -0.481 e. The third-order valence-electron chi connectivity index (χ3n) is 3.54. The lowest BCUT2D eigenvalue weighted by Gasteiger charge is -2.31. The minimum absolute atomic E-state index is 0.0888. The van der Waals surface area contributed by atoms with Gasteiger partial charge in [0.1, 0.15) is 9.88 Å². The molecule has 1 rings (SSSR count). The number of rotatable bonds is 8. The van der Waals surface area contributed by atoms with Gasteiger partial charge >= 0.3 is 5.97 Å². The van der Waals surface area contributed by atoms with Crippen molar-refractivity contribution in [2.24, 2.45) is 0 Å². The van der Waals surface area contributed by atoms with E-state index < -0.39 is 11.5 Å². The van der Waals surface area contributed by atoms with Gasteiger partial charge in [0.2, 0.25) is 0 Å². The van der Waals surface area contributed by atoms with Crippen LogP contribution >= 0.6 is 11.3 Å². The van der Waals surface area contributed by atoms with E-state index >= 15 is 0 Å². The van der Waals surface area contributed by atoms with E-state index in [2.05, 4.69) is 10.3 Å². The maximum atomic E-state index is 12.4. The van der Waals surface area contributed by atoms with Crippen LogP contribution < -0.4 is 5.32 Å². The van der Waals surface area contributed by atoms with Gasteiger partial charge in [-0.05, 0) is 19.8 Å². The fraction of sp³-hybridized carbons (Fsp3) is 0.643. The molecule has 0 saturated heterocycles. The summed E-state index contributed by atoms with van der Waals surface area (Å²) in [6, 6.07) is 0. The number of nitrogens with zero attached hydrogens (tertiary/aromatic N) is 1. The number of carbonyl (C=O) groups excluding carboxylic acids is 1. The van der Waals surface area contributed by atoms with Crippen LogP contribution in [0.25, 0.3) is 0 Å². The average molecular weight is 314 g/mol. The number of carboxylic acids is 1. The number of methoxy groups -OCH3 is 1. The second kappa shape index (κ2) is 7.51. The first-order valence-electron chi connectivity index (χ1n) is 6.87. The number of hydrogen-bond acceptors (Lipinski definition) is 5. The first-order valence-corrected chi connectivity index (χ1v) is 7.68. The van der Waals surface area contributed by atoms with Gasteiger partial charge in [-0.2, -0.15) is 0 Å². The van der Waals surface area contributed by atoms with Crippen LogP contribution in [0.1, 0.15) is 53.5 Å². The number of aromatic nitrogens is 1. The number of carbonyl (C=O) groups is 2. The quantitative estimate of drug-likeness (QED) is 0.769. The van der Waals surface area contributed by atoms with Crippen LogP contribution in [0.3, 0.4) is 0 Å². The van der Waals surface area contributed by atoms with Gasteiger partial charge in [0, 0.05) is 7.11 Å². The summed E-state index contributed by atoms with van der Waals surface area (Å²) < 4.78 is 5.01. The highest BCUT2D eigenvalue weighted by molar-refractivity contribution is 7.13. The van der Waals surface area contributed by atoms with Crippen molar-refractivity contribution < 1.29 is 19.4 Å². The summed E-state index contributed by atoms with van der Waals surface area (Å²) in [5.74, 6) is -1.18. The molecular formula is C14H22N2O4S. The van der Waals surface area contributed by atoms with E-state index in [0.717, 1.165) is 5.01 Å². The van der Waals surface area contributed by atoms with Crippen molar-refractivity contribution in [1.29, 1.82) is 0 Å². The summed E-state index contributed by atoms with van der Waals surface area (Å²) in [5.41, 5.74) is -0.0817. The Morgan fingerprint density at radius 1 is 1.38 bits per heavy atom. The molecule has 0 atom stereocenters. The number of amides is 1. The van der Waals surface area contributed by atoms with E-state index in [1.54, 1.807) is 14.0 Å². The highest BCUT2D eigenvalue weighted by atomic mass is 32.1. The number of ether oxygens (including phenoxy) is 1. The molecule has 7 heteroatoms. The van der Waals surface area contributed by atoms with Crippen molar-refractivity contribution in [3.05, 3.63) is 15.6 Å². The second-order valence-corrected chi connectivity index (χ2v) is 6.05. The van der Waals surface area contributed by atoms with Gasteiger partial charge < -0.3 is 15.2 Å². The summed E-state index contributed by atoms with van der Waals surface area (Å²) in [6.07, 6.45) is 1.03. The SMILES string of the molecule is CCC(CC)(CC(=O)O)NC(=O)c1sc(COC)nc1C. The summed E-state index contributed by atoms with van der Waals surface area (Å²) in [7, 11) is 1.57. The van der Waals surface area contributed by atoms with Crippen LogP contribution in [0.2, 0.25) is 0 Å². The Morgan fingerprint density at radius 3 is 2.48 bits per heavy atom. The normalized spacial score (nSPS) is 11.4. The largest absolute Gasteiger partial charge is 0.481 e. The maximum absolute atomic E-state index is 12.4. The van der Waals surface area contributed by atoms with Crippen molar-refractivity contribution >= 4 is 23.2 Å². The molecule has 0 radical (unpaired) electrons. The topological polar surface area (TPSA) is 88.5 Å². The molecule has 1 amide bonds. The number of thiazole rings is 1. The minimum atomic E-state index is -0.917. The Kier molecular flexibility index (Phi) is 6.29. The lowest BCUT2D eigenvalue weighted by Crippen LogP contribution is -2.49. The zero-order valence-electron chi connectivity index (χ0n) is 12.9. The molecule has 0 unspecified atom stereocenters. The van der Waals surface area contributed by atoms with Crippen molar-refractivity contribution in [3.63, 3.8) is 0 Å². The molecule has 118 valence electrons. The van der Waals surface area contributed by atoms with Gasteiger partial charge in [-0.25, -0.2) is 4.98 Å². The van der Waals surface area contributed by atoms with E-state index in [9.17, 15) is 9.59 Å². The maximum Gasteiger partial charge on any atom is 0.305 e. The molecule has 2 N–H and O–H groups in total. The zero-order chi connectivity index (χ0) is 16.0. The van der Waals surface area contributed by atoms with Crippen LogP contribution in [0.4, 0.5) is 0 Å². The molecular weight excluding hydrogens is 292 g/mol. The van der Waals surface area contributed by atoms with Crippen LogP contribution in [-0.4, -0.2) is 34.6 Å². The Balaban J connectivity index is 2.94. The van der Waals surface area contributed by atoms with E-state index in [0.29, 0.717) is 30.0 Å². The Bertz CT molecular complexity index is 509. The Morgan fingerprint density at radius 2 is 2.00 bits per heavy atom. The number of aliphatic carboxylic acids is 1. The lowest BCUT2D eigenvalue weighted by molar-refractivity contribution is -0.138. The molecule has 0 aliphatic heterocycles. The van der Waals surface area contributed by atoms with Crippen molar-refractivity contribution in [3.8, 4) is 0 Å². The molecule has 21 heavy (non-hydrogen) atoms. The van der Waals surface area contributed by atoms with E-state index in [4.69, 9.17) is 9.84 Å². The van der Waals surface area contributed by atoms with Crippen molar-refractivity contribution in [2.45, 2.75) is 52.2 Å². The van der Waals surface area contributed by atoms with Crippen LogP contribution in [-0.2, 0) is 16.1 Å². The van der Waals surface area contributed by atoms with Crippen LogP contribution in [0, 0.1) is 6.92 Å². The van der Waals surface area contributed by atoms with Crippen molar-refractivity contribution in [1.82, 2.24) is 10.3 Å². The molecule has 6 nitrogen and oxygen atoms in total. The molecule has 0 aromatic carbocycles. The summed E-state index contributed by atoms with van der Waals surface area (Å²) >= 11 is 1.28. The highest BCUT2D eigenvalue weighted by Crippen LogP contribution is 2.24. The average Bonchev–Trinajstić information content (AvgIpc) is 2.78. The van der Waals surface area contributed by atoms with E-state index in [-0.39, 0.29) is 12.3 Å². The molecule has 0 aliphatic carbocycles. The van der Waals surface area contributed by atoms with E-state index in [1.165, 1.54) is 11.3 Å². The fourth-order valence-electron chi connectivity index (χ4n) is 2.16. The first kappa shape index (κ1) is 17.6. The van der Waals surface area contributed by atoms with Gasteiger partial charge in [0.15, 0.2) is 0 Å². The first-order chi connectivity index (χ1) is 9.87. The van der Waals surface area contributed by atoms with E-state index in [1.807, 2.05) is 13.8 Å². The molecule has 1 heterocycles. The number of carboxylic acid groups (broad SMARTS) is 1. The summed E-state index contributed by atoms with van der Waals surface area (Å²) in [6.45, 7) is 5.88. The third-order valence-corrected chi connectivity index (χ3v) is 4.67.